The van der Waals surface area contributed by atoms with Gasteiger partial charge in [-0.2, -0.15) is 14.0 Å². The van der Waals surface area contributed by atoms with E-state index in [1.165, 1.54) is 12.1 Å². The predicted octanol–water partition coefficient (Wildman–Crippen LogP) is 2.86. The van der Waals surface area contributed by atoms with Crippen LogP contribution in [0.15, 0.2) is 24.3 Å². The molecule has 1 aliphatic heterocycles. The highest BCUT2D eigenvalue weighted by atomic mass is 19.3. The van der Waals surface area contributed by atoms with Crippen molar-refractivity contribution < 1.29 is 18.3 Å². The predicted molar refractivity (Wildman–Crippen MR) is 60.4 cm³/mol. The fourth-order valence-electron chi connectivity index (χ4n) is 2.14. The standard InChI is InChI=1S/C13H13F2NO2/c14-12(15)18-11-3-1-10(2-4-11)13(9-16)5-7-17-8-6-13/h1-4,12H,5-8H2. The molecule has 1 saturated heterocycles. The molecule has 1 aromatic carbocycles. The smallest absolute Gasteiger partial charge is 0.387 e. The van der Waals surface area contributed by atoms with E-state index in [0.29, 0.717) is 26.1 Å². The lowest BCUT2D eigenvalue weighted by Gasteiger charge is -2.31. The Balaban J connectivity index is 2.19. The summed E-state index contributed by atoms with van der Waals surface area (Å²) in [6.45, 7) is -1.74. The van der Waals surface area contributed by atoms with Gasteiger partial charge >= 0.3 is 6.61 Å². The van der Waals surface area contributed by atoms with E-state index in [1.54, 1.807) is 12.1 Å². The molecule has 1 aromatic rings. The number of hydrogen-bond donors (Lipinski definition) is 0. The molecular weight excluding hydrogens is 240 g/mol. The first-order chi connectivity index (χ1) is 8.66. The molecule has 1 aliphatic rings. The molecular formula is C13H13F2NO2. The van der Waals surface area contributed by atoms with Gasteiger partial charge in [0, 0.05) is 13.2 Å². The Kier molecular flexibility index (Phi) is 3.78. The van der Waals surface area contributed by atoms with Crippen LogP contribution < -0.4 is 4.74 Å². The highest BCUT2D eigenvalue weighted by Gasteiger charge is 2.34. The normalized spacial score (nSPS) is 18.3. The van der Waals surface area contributed by atoms with Crippen LogP contribution >= 0.6 is 0 Å². The molecule has 0 spiro atoms. The van der Waals surface area contributed by atoms with Crippen molar-refractivity contribution >= 4 is 0 Å². The van der Waals surface area contributed by atoms with Crippen LogP contribution in [0.2, 0.25) is 0 Å². The molecule has 0 atom stereocenters. The summed E-state index contributed by atoms with van der Waals surface area (Å²) in [4.78, 5) is 0. The van der Waals surface area contributed by atoms with Crippen LogP contribution in [0.3, 0.4) is 0 Å². The molecule has 1 fully saturated rings. The van der Waals surface area contributed by atoms with Crippen molar-refractivity contribution in [3.8, 4) is 11.8 Å². The number of hydrogen-bond acceptors (Lipinski definition) is 3. The van der Waals surface area contributed by atoms with Gasteiger partial charge in [-0.3, -0.25) is 0 Å². The number of ether oxygens (including phenoxy) is 2. The monoisotopic (exact) mass is 253 g/mol. The Morgan fingerprint density at radius 2 is 1.83 bits per heavy atom. The first-order valence-electron chi connectivity index (χ1n) is 5.71. The van der Waals surface area contributed by atoms with Crippen molar-refractivity contribution in [1.82, 2.24) is 0 Å². The zero-order chi connectivity index (χ0) is 13.0. The van der Waals surface area contributed by atoms with Gasteiger partial charge in [0.15, 0.2) is 0 Å². The van der Waals surface area contributed by atoms with Crippen molar-refractivity contribution in [3.05, 3.63) is 29.8 Å². The average molecular weight is 253 g/mol. The van der Waals surface area contributed by atoms with Gasteiger partial charge in [0.1, 0.15) is 5.75 Å². The lowest BCUT2D eigenvalue weighted by molar-refractivity contribution is -0.0498. The maximum atomic E-state index is 12.0. The third-order valence-electron chi connectivity index (χ3n) is 3.19. The Morgan fingerprint density at radius 1 is 1.22 bits per heavy atom. The van der Waals surface area contributed by atoms with Crippen molar-refractivity contribution in [2.45, 2.75) is 24.9 Å². The first-order valence-corrected chi connectivity index (χ1v) is 5.71. The van der Waals surface area contributed by atoms with Gasteiger partial charge in [0.25, 0.3) is 0 Å². The van der Waals surface area contributed by atoms with E-state index in [1.807, 2.05) is 0 Å². The van der Waals surface area contributed by atoms with Crippen molar-refractivity contribution in [2.24, 2.45) is 0 Å². The summed E-state index contributed by atoms with van der Waals surface area (Å²) in [5, 5.41) is 9.35. The van der Waals surface area contributed by atoms with Crippen molar-refractivity contribution in [2.75, 3.05) is 13.2 Å². The van der Waals surface area contributed by atoms with Gasteiger partial charge in [-0.05, 0) is 30.5 Å². The van der Waals surface area contributed by atoms with Crippen LogP contribution in [0.4, 0.5) is 8.78 Å². The topological polar surface area (TPSA) is 42.2 Å². The minimum Gasteiger partial charge on any atom is -0.435 e. The molecule has 18 heavy (non-hydrogen) atoms. The van der Waals surface area contributed by atoms with Crippen molar-refractivity contribution in [1.29, 1.82) is 5.26 Å². The number of nitriles is 1. The zero-order valence-electron chi connectivity index (χ0n) is 9.73. The summed E-state index contributed by atoms with van der Waals surface area (Å²) in [6.07, 6.45) is 1.25. The number of benzene rings is 1. The van der Waals surface area contributed by atoms with Crippen LogP contribution in [-0.4, -0.2) is 19.8 Å². The summed E-state index contributed by atoms with van der Waals surface area (Å²) in [7, 11) is 0. The summed E-state index contributed by atoms with van der Waals surface area (Å²) in [5.74, 6) is 0.105. The van der Waals surface area contributed by atoms with Crippen LogP contribution in [0.1, 0.15) is 18.4 Å². The molecule has 2 rings (SSSR count). The number of alkyl halides is 2. The molecule has 1 heterocycles. The molecule has 3 nitrogen and oxygen atoms in total. The average Bonchev–Trinajstić information content (AvgIpc) is 2.39. The summed E-state index contributed by atoms with van der Waals surface area (Å²) >= 11 is 0. The second-order valence-corrected chi connectivity index (χ2v) is 4.21. The van der Waals surface area contributed by atoms with E-state index in [9.17, 15) is 14.0 Å². The zero-order valence-corrected chi connectivity index (χ0v) is 9.73. The number of rotatable bonds is 3. The fraction of sp³-hybridized carbons (Fsp3) is 0.462. The van der Waals surface area contributed by atoms with E-state index in [2.05, 4.69) is 10.8 Å². The van der Waals surface area contributed by atoms with Crippen LogP contribution in [0.5, 0.6) is 5.75 Å². The summed E-state index contributed by atoms with van der Waals surface area (Å²) in [5.41, 5.74) is 0.261. The van der Waals surface area contributed by atoms with E-state index >= 15 is 0 Å². The van der Waals surface area contributed by atoms with Crippen LogP contribution in [-0.2, 0) is 10.2 Å². The number of nitrogens with zero attached hydrogens (tertiary/aromatic N) is 1. The maximum absolute atomic E-state index is 12.0. The van der Waals surface area contributed by atoms with Gasteiger partial charge < -0.3 is 9.47 Å². The van der Waals surface area contributed by atoms with Crippen molar-refractivity contribution in [3.63, 3.8) is 0 Å². The highest BCUT2D eigenvalue weighted by molar-refractivity contribution is 5.37. The largest absolute Gasteiger partial charge is 0.435 e. The molecule has 0 amide bonds. The molecule has 0 N–H and O–H groups in total. The summed E-state index contributed by atoms with van der Waals surface area (Å²) in [6, 6.07) is 8.61. The third kappa shape index (κ3) is 2.59. The minimum atomic E-state index is -2.83. The Bertz CT molecular complexity index is 433. The maximum Gasteiger partial charge on any atom is 0.387 e. The first kappa shape index (κ1) is 12.8. The van der Waals surface area contributed by atoms with E-state index < -0.39 is 12.0 Å². The van der Waals surface area contributed by atoms with E-state index in [4.69, 9.17) is 4.74 Å². The Hall–Kier alpha value is -1.67. The van der Waals surface area contributed by atoms with Gasteiger partial charge in [0.2, 0.25) is 0 Å². The fourth-order valence-corrected chi connectivity index (χ4v) is 2.14. The number of halogens is 2. The molecule has 0 saturated carbocycles. The van der Waals surface area contributed by atoms with Gasteiger partial charge in [-0.15, -0.1) is 0 Å². The molecule has 96 valence electrons. The van der Waals surface area contributed by atoms with Crippen LogP contribution in [0, 0.1) is 11.3 Å². The second-order valence-electron chi connectivity index (χ2n) is 4.21. The minimum absolute atomic E-state index is 0.105. The molecule has 0 aromatic heterocycles. The SMILES string of the molecule is N#CC1(c2ccc(OC(F)F)cc2)CCOCC1. The van der Waals surface area contributed by atoms with Gasteiger partial charge in [-0.25, -0.2) is 0 Å². The molecule has 5 heteroatoms. The molecule has 0 bridgehead atoms. The Labute approximate surface area is 104 Å². The second kappa shape index (κ2) is 5.32. The van der Waals surface area contributed by atoms with Gasteiger partial charge in [-0.1, -0.05) is 12.1 Å². The molecule has 0 aliphatic carbocycles. The lowest BCUT2D eigenvalue weighted by Crippen LogP contribution is -2.32. The van der Waals surface area contributed by atoms with Crippen LogP contribution in [0.25, 0.3) is 0 Å². The molecule has 0 radical (unpaired) electrons. The van der Waals surface area contributed by atoms with E-state index in [0.717, 1.165) is 5.56 Å². The highest BCUT2D eigenvalue weighted by Crippen LogP contribution is 2.34. The lowest BCUT2D eigenvalue weighted by atomic mass is 9.75. The summed E-state index contributed by atoms with van der Waals surface area (Å²) < 4.78 is 33.6. The third-order valence-corrected chi connectivity index (χ3v) is 3.19. The molecule has 0 unspecified atom stereocenters. The van der Waals surface area contributed by atoms with E-state index in [-0.39, 0.29) is 5.75 Å². The Morgan fingerprint density at radius 3 is 2.33 bits per heavy atom. The van der Waals surface area contributed by atoms with Gasteiger partial charge in [0.05, 0.1) is 11.5 Å². The quantitative estimate of drug-likeness (QED) is 0.831.